The lowest BCUT2D eigenvalue weighted by molar-refractivity contribution is 1.30. The van der Waals surface area contributed by atoms with Crippen LogP contribution in [0.4, 0.5) is 0 Å². The van der Waals surface area contributed by atoms with Gasteiger partial charge in [0.2, 0.25) is 0 Å². The second-order valence-electron chi connectivity index (χ2n) is 15.4. The van der Waals surface area contributed by atoms with Gasteiger partial charge in [-0.15, -0.1) is 0 Å². The average Bonchev–Trinajstić information content (AvgIpc) is 3.33. The molecule has 0 aliphatic heterocycles. The van der Waals surface area contributed by atoms with E-state index in [1.54, 1.807) is 0 Å². The van der Waals surface area contributed by atoms with Gasteiger partial charge >= 0.3 is 0 Å². The highest BCUT2D eigenvalue weighted by Crippen LogP contribution is 2.46. The number of fused-ring (bicyclic) bond motifs is 11. The lowest BCUT2D eigenvalue weighted by Gasteiger charge is -2.19. The molecule has 0 aliphatic carbocycles. The molecule has 2 heterocycles. The van der Waals surface area contributed by atoms with E-state index >= 15 is 0 Å². The molecule has 0 N–H and O–H groups in total. The summed E-state index contributed by atoms with van der Waals surface area (Å²) < 4.78 is 0. The maximum absolute atomic E-state index is 5.68. The Morgan fingerprint density at radius 3 is 1.33 bits per heavy atom. The normalized spacial score (nSPS) is 11.7. The first-order valence-corrected chi connectivity index (χ1v) is 20.4. The molecule has 0 aliphatic rings. The Labute approximate surface area is 346 Å². The SMILES string of the molecule is c1ccc(-c2nc3cc(-c4ccccc4)c4c5ccccc5nc(-c5ccccc5-c5ccc6c7ccccc7c7ccccc7c6c5)c4c3nc2-c2ccccc2)cc1. The van der Waals surface area contributed by atoms with Gasteiger partial charge in [0.15, 0.2) is 0 Å². The van der Waals surface area contributed by atoms with Crippen LogP contribution in [0.3, 0.4) is 0 Å². The molecule has 0 saturated carbocycles. The molecule has 3 nitrogen and oxygen atoms in total. The number of nitrogens with zero attached hydrogens (tertiary/aromatic N) is 3. The molecule has 0 radical (unpaired) electrons. The van der Waals surface area contributed by atoms with E-state index < -0.39 is 0 Å². The molecule has 3 heteroatoms. The minimum atomic E-state index is 0.819. The van der Waals surface area contributed by atoms with Crippen molar-refractivity contribution in [2.24, 2.45) is 0 Å². The summed E-state index contributed by atoms with van der Waals surface area (Å²) in [7, 11) is 0. The van der Waals surface area contributed by atoms with E-state index in [4.69, 9.17) is 15.0 Å². The minimum absolute atomic E-state index is 0.819. The highest BCUT2D eigenvalue weighted by molar-refractivity contribution is 6.27. The van der Waals surface area contributed by atoms with Gasteiger partial charge in [0.05, 0.1) is 33.6 Å². The molecule has 10 aromatic carbocycles. The minimum Gasteiger partial charge on any atom is -0.247 e. The van der Waals surface area contributed by atoms with Crippen LogP contribution >= 0.6 is 0 Å². The van der Waals surface area contributed by atoms with Crippen LogP contribution in [-0.2, 0) is 0 Å². The molecule has 0 atom stereocenters. The van der Waals surface area contributed by atoms with Crippen molar-refractivity contribution in [1.82, 2.24) is 15.0 Å². The zero-order chi connectivity index (χ0) is 39.6. The molecule has 0 unspecified atom stereocenters. The number of aromatic nitrogens is 3. The lowest BCUT2D eigenvalue weighted by Crippen LogP contribution is -2.00. The highest BCUT2D eigenvalue weighted by atomic mass is 14.8. The maximum Gasteiger partial charge on any atom is 0.0995 e. The van der Waals surface area contributed by atoms with E-state index in [1.807, 2.05) is 12.1 Å². The summed E-state index contributed by atoms with van der Waals surface area (Å²) in [5, 5.41) is 10.7. The van der Waals surface area contributed by atoms with Crippen molar-refractivity contribution in [3.05, 3.63) is 212 Å². The molecule has 2 aromatic heterocycles. The van der Waals surface area contributed by atoms with E-state index in [0.29, 0.717) is 0 Å². The van der Waals surface area contributed by atoms with Crippen LogP contribution in [0.15, 0.2) is 212 Å². The Balaban J connectivity index is 1.22. The third-order valence-electron chi connectivity index (χ3n) is 12.0. The molecule has 60 heavy (non-hydrogen) atoms. The Bertz CT molecular complexity index is 3600. The van der Waals surface area contributed by atoms with Gasteiger partial charge in [-0.2, -0.15) is 0 Å². The first-order valence-electron chi connectivity index (χ1n) is 20.4. The number of rotatable bonds is 5. The Morgan fingerprint density at radius 2 is 0.700 bits per heavy atom. The Kier molecular flexibility index (Phi) is 7.85. The predicted octanol–water partition coefficient (Wildman–Crippen LogP) is 15.1. The number of para-hydroxylation sites is 1. The summed E-state index contributed by atoms with van der Waals surface area (Å²) >= 11 is 0. The van der Waals surface area contributed by atoms with Crippen LogP contribution in [0.5, 0.6) is 0 Å². The van der Waals surface area contributed by atoms with E-state index in [2.05, 4.69) is 200 Å². The van der Waals surface area contributed by atoms with Gasteiger partial charge in [-0.3, -0.25) is 0 Å². The molecule has 0 bridgehead atoms. The van der Waals surface area contributed by atoms with Gasteiger partial charge in [0.1, 0.15) is 0 Å². The van der Waals surface area contributed by atoms with E-state index in [0.717, 1.165) is 88.7 Å². The van der Waals surface area contributed by atoms with Crippen molar-refractivity contribution in [3.8, 4) is 56.0 Å². The quantitative estimate of drug-likeness (QED) is 0.164. The highest BCUT2D eigenvalue weighted by Gasteiger charge is 2.24. The number of pyridine rings is 1. The second-order valence-corrected chi connectivity index (χ2v) is 15.4. The first kappa shape index (κ1) is 34.1. The van der Waals surface area contributed by atoms with Gasteiger partial charge in [-0.25, -0.2) is 15.0 Å². The van der Waals surface area contributed by atoms with Crippen molar-refractivity contribution in [2.45, 2.75) is 0 Å². The zero-order valence-electron chi connectivity index (χ0n) is 32.5. The molecular weight excluding hydrogens is 727 g/mol. The fourth-order valence-corrected chi connectivity index (χ4v) is 9.32. The molecule has 278 valence electrons. The third-order valence-corrected chi connectivity index (χ3v) is 12.0. The number of benzene rings is 10. The van der Waals surface area contributed by atoms with Gasteiger partial charge in [0, 0.05) is 32.8 Å². The fraction of sp³-hybridized carbons (Fsp3) is 0. The van der Waals surface area contributed by atoms with Crippen molar-refractivity contribution in [3.63, 3.8) is 0 Å². The van der Waals surface area contributed by atoms with Crippen molar-refractivity contribution >= 4 is 65.0 Å². The summed E-state index contributed by atoms with van der Waals surface area (Å²) in [5.41, 5.74) is 12.7. The summed E-state index contributed by atoms with van der Waals surface area (Å²) in [6, 6.07) is 75.5. The standard InChI is InChI=1S/C57H35N3/c1-4-18-36(19-5-1)48-35-51-57(60-55(38-22-8-3-9-23-38)54(59-51)37-20-6-2-7-21-37)53-52(48)47-30-16-17-31-50(47)58-56(53)46-29-15-10-24-40(46)39-32-33-45-43-27-12-11-25-41(43)42-26-13-14-28-44(42)49(45)34-39/h1-35H. The topological polar surface area (TPSA) is 38.7 Å². The molecule has 0 saturated heterocycles. The second kappa shape index (κ2) is 13.8. The van der Waals surface area contributed by atoms with E-state index in [-0.39, 0.29) is 0 Å². The Hall–Kier alpha value is -8.01. The molecule has 12 aromatic rings. The zero-order valence-corrected chi connectivity index (χ0v) is 32.5. The summed E-state index contributed by atoms with van der Waals surface area (Å²) in [5.74, 6) is 0. The van der Waals surface area contributed by atoms with Crippen LogP contribution < -0.4 is 0 Å². The average molecular weight is 762 g/mol. The monoisotopic (exact) mass is 761 g/mol. The number of hydrogen-bond donors (Lipinski definition) is 0. The molecule has 0 amide bonds. The van der Waals surface area contributed by atoms with Crippen LogP contribution in [0, 0.1) is 0 Å². The lowest BCUT2D eigenvalue weighted by atomic mass is 9.88. The third kappa shape index (κ3) is 5.40. The first-order chi connectivity index (χ1) is 29.8. The Morgan fingerprint density at radius 1 is 0.233 bits per heavy atom. The van der Waals surface area contributed by atoms with Gasteiger partial charge in [-0.05, 0) is 72.8 Å². The molecule has 0 fully saturated rings. The van der Waals surface area contributed by atoms with Gasteiger partial charge < -0.3 is 0 Å². The summed E-state index contributed by atoms with van der Waals surface area (Å²) in [4.78, 5) is 16.8. The summed E-state index contributed by atoms with van der Waals surface area (Å²) in [6.07, 6.45) is 0. The van der Waals surface area contributed by atoms with E-state index in [9.17, 15) is 0 Å². The predicted molar refractivity (Wildman–Crippen MR) is 252 cm³/mol. The van der Waals surface area contributed by atoms with Gasteiger partial charge in [0.25, 0.3) is 0 Å². The largest absolute Gasteiger partial charge is 0.247 e. The van der Waals surface area contributed by atoms with Crippen LogP contribution in [0.1, 0.15) is 0 Å². The van der Waals surface area contributed by atoms with Crippen LogP contribution in [0.2, 0.25) is 0 Å². The maximum atomic E-state index is 5.68. The fourth-order valence-electron chi connectivity index (χ4n) is 9.32. The van der Waals surface area contributed by atoms with E-state index in [1.165, 1.54) is 32.3 Å². The smallest absolute Gasteiger partial charge is 0.0995 e. The number of hydrogen-bond acceptors (Lipinski definition) is 3. The summed E-state index contributed by atoms with van der Waals surface area (Å²) in [6.45, 7) is 0. The van der Waals surface area contributed by atoms with Crippen LogP contribution in [-0.4, -0.2) is 15.0 Å². The molecular formula is C57H35N3. The molecule has 12 rings (SSSR count). The van der Waals surface area contributed by atoms with Crippen LogP contribution in [0.25, 0.3) is 121 Å². The van der Waals surface area contributed by atoms with Crippen molar-refractivity contribution in [2.75, 3.05) is 0 Å². The van der Waals surface area contributed by atoms with Gasteiger partial charge in [-0.1, -0.05) is 194 Å². The molecule has 0 spiro atoms. The van der Waals surface area contributed by atoms with Crippen molar-refractivity contribution in [1.29, 1.82) is 0 Å². The van der Waals surface area contributed by atoms with Crippen molar-refractivity contribution < 1.29 is 0 Å².